The number of hydrogen-bond acceptors (Lipinski definition) is 0. The van der Waals surface area contributed by atoms with Crippen LogP contribution < -0.4 is 0 Å². The van der Waals surface area contributed by atoms with Gasteiger partial charge in [-0.15, -0.1) is 0 Å². The number of hydrogen-bond donors (Lipinski definition) is 0. The van der Waals surface area contributed by atoms with Crippen molar-refractivity contribution in [3.63, 3.8) is 0 Å². The van der Waals surface area contributed by atoms with E-state index in [0.29, 0.717) is 0 Å². The van der Waals surface area contributed by atoms with E-state index in [1.807, 2.05) is 0 Å². The van der Waals surface area contributed by atoms with Gasteiger partial charge in [0.15, 0.2) is 0 Å². The lowest BCUT2D eigenvalue weighted by Gasteiger charge is -2.21. The Labute approximate surface area is 289 Å². The zero-order valence-electron chi connectivity index (χ0n) is 27.3. The van der Waals surface area contributed by atoms with E-state index in [9.17, 15) is 0 Å². The quantitative estimate of drug-likeness (QED) is 0.132. The number of rotatable bonds is 2. The zero-order chi connectivity index (χ0) is 32.8. The Kier molecular flexibility index (Phi) is 5.76. The highest BCUT2D eigenvalue weighted by Crippen LogP contribution is 2.49. The Balaban J connectivity index is 1.45. The molecular formula is C50H30. The van der Waals surface area contributed by atoms with Crippen molar-refractivity contribution < 1.29 is 0 Å². The van der Waals surface area contributed by atoms with Crippen molar-refractivity contribution >= 4 is 86.2 Å². The molecule has 11 rings (SSSR count). The van der Waals surface area contributed by atoms with Crippen LogP contribution in [-0.2, 0) is 0 Å². The van der Waals surface area contributed by atoms with Crippen LogP contribution in [0.15, 0.2) is 182 Å². The molecule has 0 N–H and O–H groups in total. The summed E-state index contributed by atoms with van der Waals surface area (Å²) >= 11 is 0. The predicted molar refractivity (Wildman–Crippen MR) is 217 cm³/mol. The highest BCUT2D eigenvalue weighted by atomic mass is 14.2. The summed E-state index contributed by atoms with van der Waals surface area (Å²) in [4.78, 5) is 0. The molecule has 0 aromatic heterocycles. The molecule has 0 atom stereocenters. The summed E-state index contributed by atoms with van der Waals surface area (Å²) in [5.41, 5.74) is 5.12. The van der Waals surface area contributed by atoms with Crippen LogP contribution in [0.3, 0.4) is 0 Å². The fraction of sp³-hybridized carbons (Fsp3) is 0. The normalized spacial score (nSPS) is 12.0. The van der Waals surface area contributed by atoms with E-state index in [-0.39, 0.29) is 0 Å². The van der Waals surface area contributed by atoms with Crippen LogP contribution in [0.4, 0.5) is 0 Å². The van der Waals surface area contributed by atoms with Crippen molar-refractivity contribution in [2.75, 3.05) is 0 Å². The van der Waals surface area contributed by atoms with Crippen molar-refractivity contribution in [2.24, 2.45) is 0 Å². The highest BCUT2D eigenvalue weighted by molar-refractivity contribution is 6.35. The van der Waals surface area contributed by atoms with Crippen molar-refractivity contribution in [3.8, 4) is 22.3 Å². The lowest BCUT2D eigenvalue weighted by molar-refractivity contribution is 1.69. The Morgan fingerprint density at radius 2 is 0.600 bits per heavy atom. The van der Waals surface area contributed by atoms with Gasteiger partial charge in [-0.05, 0) is 121 Å². The Bertz CT molecular complexity index is 3180. The molecule has 0 heteroatoms. The first-order valence-electron chi connectivity index (χ1n) is 17.4. The maximum atomic E-state index is 2.53. The lowest BCUT2D eigenvalue weighted by Crippen LogP contribution is -1.94. The molecule has 0 fully saturated rings. The third kappa shape index (κ3) is 3.82. The molecule has 0 spiro atoms. The Morgan fingerprint density at radius 3 is 1.16 bits per heavy atom. The fourth-order valence-corrected chi connectivity index (χ4v) is 8.86. The van der Waals surface area contributed by atoms with E-state index in [1.54, 1.807) is 0 Å². The zero-order valence-corrected chi connectivity index (χ0v) is 27.3. The average molecular weight is 631 g/mol. The minimum Gasteiger partial charge on any atom is -0.0616 e. The van der Waals surface area contributed by atoms with E-state index in [2.05, 4.69) is 182 Å². The van der Waals surface area contributed by atoms with Crippen LogP contribution in [0.5, 0.6) is 0 Å². The molecule has 0 amide bonds. The molecule has 50 heavy (non-hydrogen) atoms. The summed E-state index contributed by atoms with van der Waals surface area (Å²) in [6.45, 7) is 0. The standard InChI is InChI=1S/C50H30/c1-4-18-34-31(13-1)16-11-25-39(34)49-41-23-9-10-24-42(41)50(40-26-12-17-32-14-2-5-19-35(32)40)47-30-45-44(29-46(47)49)38-22-8-7-21-37(38)43-28-27-33-15-3-6-20-36(33)48(43)45/h1-30H. The van der Waals surface area contributed by atoms with Gasteiger partial charge >= 0.3 is 0 Å². The van der Waals surface area contributed by atoms with Crippen molar-refractivity contribution in [1.82, 2.24) is 0 Å². The molecule has 0 nitrogen and oxygen atoms in total. The van der Waals surface area contributed by atoms with Crippen LogP contribution in [0.1, 0.15) is 0 Å². The molecule has 11 aromatic carbocycles. The molecule has 0 saturated heterocycles. The Hall–Kier alpha value is -6.50. The van der Waals surface area contributed by atoms with Crippen LogP contribution in [0.25, 0.3) is 108 Å². The van der Waals surface area contributed by atoms with Gasteiger partial charge in [-0.25, -0.2) is 0 Å². The molecule has 230 valence electrons. The smallest absolute Gasteiger partial charge is 0.00199 e. The summed E-state index contributed by atoms with van der Waals surface area (Å²) in [6, 6.07) is 67.7. The van der Waals surface area contributed by atoms with Gasteiger partial charge < -0.3 is 0 Å². The van der Waals surface area contributed by atoms with E-state index in [0.717, 1.165) is 0 Å². The van der Waals surface area contributed by atoms with Gasteiger partial charge in [0.25, 0.3) is 0 Å². The molecular weight excluding hydrogens is 601 g/mol. The van der Waals surface area contributed by atoms with Gasteiger partial charge in [0.2, 0.25) is 0 Å². The summed E-state index contributed by atoms with van der Waals surface area (Å²) < 4.78 is 0. The summed E-state index contributed by atoms with van der Waals surface area (Å²) in [5.74, 6) is 0. The van der Waals surface area contributed by atoms with E-state index < -0.39 is 0 Å². The summed E-state index contributed by atoms with van der Waals surface area (Å²) in [5, 5.41) is 20.5. The molecule has 0 aliphatic carbocycles. The molecule has 11 aromatic rings. The molecule has 0 saturated carbocycles. The maximum absolute atomic E-state index is 2.53. The molecule has 0 radical (unpaired) electrons. The van der Waals surface area contributed by atoms with Gasteiger partial charge in [-0.2, -0.15) is 0 Å². The fourth-order valence-electron chi connectivity index (χ4n) is 8.86. The average Bonchev–Trinajstić information content (AvgIpc) is 3.19. The topological polar surface area (TPSA) is 0 Å². The molecule has 0 bridgehead atoms. The molecule has 0 aliphatic heterocycles. The van der Waals surface area contributed by atoms with Crippen LogP contribution in [0, 0.1) is 0 Å². The van der Waals surface area contributed by atoms with Crippen LogP contribution >= 0.6 is 0 Å². The first-order valence-corrected chi connectivity index (χ1v) is 17.4. The summed E-state index contributed by atoms with van der Waals surface area (Å²) in [6.07, 6.45) is 0. The third-order valence-electron chi connectivity index (χ3n) is 11.0. The maximum Gasteiger partial charge on any atom is -0.00199 e. The first kappa shape index (κ1) is 27.5. The van der Waals surface area contributed by atoms with E-state index in [4.69, 9.17) is 0 Å². The Morgan fingerprint density at radius 1 is 0.200 bits per heavy atom. The molecule has 0 heterocycles. The summed E-state index contributed by atoms with van der Waals surface area (Å²) in [7, 11) is 0. The SMILES string of the molecule is c1ccc2c(-c3c4ccccc4c(-c4cccc5ccccc45)c4cc5c(cc34)c3ccccc3c3ccc4ccccc4c35)cccc2c1. The monoisotopic (exact) mass is 630 g/mol. The van der Waals surface area contributed by atoms with Crippen molar-refractivity contribution in [3.05, 3.63) is 182 Å². The minimum absolute atomic E-state index is 1.25. The lowest BCUT2D eigenvalue weighted by atomic mass is 9.81. The predicted octanol–water partition coefficient (Wildman–Crippen LogP) is 14.2. The largest absolute Gasteiger partial charge is 0.0616 e. The van der Waals surface area contributed by atoms with Gasteiger partial charge in [0.05, 0.1) is 0 Å². The first-order chi connectivity index (χ1) is 24.8. The minimum atomic E-state index is 1.25. The van der Waals surface area contributed by atoms with E-state index in [1.165, 1.54) is 108 Å². The number of benzene rings is 11. The van der Waals surface area contributed by atoms with Crippen molar-refractivity contribution in [1.29, 1.82) is 0 Å². The van der Waals surface area contributed by atoms with Gasteiger partial charge in [-0.3, -0.25) is 0 Å². The van der Waals surface area contributed by atoms with Crippen molar-refractivity contribution in [2.45, 2.75) is 0 Å². The highest BCUT2D eigenvalue weighted by Gasteiger charge is 2.21. The van der Waals surface area contributed by atoms with Gasteiger partial charge in [-0.1, -0.05) is 170 Å². The van der Waals surface area contributed by atoms with Crippen LogP contribution in [-0.4, -0.2) is 0 Å². The van der Waals surface area contributed by atoms with Gasteiger partial charge in [0.1, 0.15) is 0 Å². The third-order valence-corrected chi connectivity index (χ3v) is 11.0. The van der Waals surface area contributed by atoms with Crippen LogP contribution in [0.2, 0.25) is 0 Å². The second-order valence-corrected chi connectivity index (χ2v) is 13.5. The molecule has 0 unspecified atom stereocenters. The second-order valence-electron chi connectivity index (χ2n) is 13.5. The van der Waals surface area contributed by atoms with Gasteiger partial charge in [0, 0.05) is 0 Å². The second kappa shape index (κ2) is 10.5. The number of fused-ring (bicyclic) bond motifs is 12. The van der Waals surface area contributed by atoms with E-state index >= 15 is 0 Å². The molecule has 0 aliphatic rings.